The summed E-state index contributed by atoms with van der Waals surface area (Å²) in [6.07, 6.45) is 1.98. The highest BCUT2D eigenvalue weighted by Crippen LogP contribution is 2.47. The molecule has 2 aromatic carbocycles. The van der Waals surface area contributed by atoms with E-state index in [4.69, 9.17) is 4.74 Å². The molecule has 21 heavy (non-hydrogen) atoms. The van der Waals surface area contributed by atoms with Crippen LogP contribution in [-0.4, -0.2) is 6.61 Å². The van der Waals surface area contributed by atoms with Gasteiger partial charge >= 0.3 is 0 Å². The lowest BCUT2D eigenvalue weighted by molar-refractivity contribution is -0.0290. The van der Waals surface area contributed by atoms with Gasteiger partial charge in [0.2, 0.25) is 0 Å². The van der Waals surface area contributed by atoms with E-state index in [2.05, 4.69) is 31.2 Å². The van der Waals surface area contributed by atoms with Crippen LogP contribution >= 0.6 is 0 Å². The fourth-order valence-electron chi connectivity index (χ4n) is 3.86. The van der Waals surface area contributed by atoms with E-state index in [9.17, 15) is 4.39 Å². The normalized spacial score (nSPS) is 27.2. The van der Waals surface area contributed by atoms with Gasteiger partial charge in [-0.1, -0.05) is 37.3 Å². The first-order valence-electron chi connectivity index (χ1n) is 7.70. The molecular weight excluding hydrogens is 263 g/mol. The van der Waals surface area contributed by atoms with Gasteiger partial charge in [-0.2, -0.15) is 0 Å². The van der Waals surface area contributed by atoms with Crippen LogP contribution < -0.4 is 0 Å². The zero-order valence-electron chi connectivity index (χ0n) is 12.2. The van der Waals surface area contributed by atoms with Crippen LogP contribution in [0, 0.1) is 11.7 Å². The highest BCUT2D eigenvalue weighted by atomic mass is 19.1. The number of benzene rings is 2. The summed E-state index contributed by atoms with van der Waals surface area (Å²) in [5.74, 6) is 0.725. The molecule has 0 N–H and O–H groups in total. The van der Waals surface area contributed by atoms with Gasteiger partial charge in [-0.15, -0.1) is 0 Å². The lowest BCUT2D eigenvalue weighted by Crippen LogP contribution is -2.26. The molecule has 4 rings (SSSR count). The van der Waals surface area contributed by atoms with Crippen molar-refractivity contribution in [2.75, 3.05) is 6.61 Å². The topological polar surface area (TPSA) is 9.23 Å². The third-order valence-corrected chi connectivity index (χ3v) is 4.83. The van der Waals surface area contributed by atoms with Crippen LogP contribution in [0.25, 0.3) is 0 Å². The van der Waals surface area contributed by atoms with Crippen molar-refractivity contribution in [2.45, 2.75) is 31.8 Å². The molecule has 0 bridgehead atoms. The fourth-order valence-corrected chi connectivity index (χ4v) is 3.86. The lowest BCUT2D eigenvalue weighted by Gasteiger charge is -2.35. The quantitative estimate of drug-likeness (QED) is 0.685. The second-order valence-corrected chi connectivity index (χ2v) is 6.42. The van der Waals surface area contributed by atoms with Crippen molar-refractivity contribution in [1.29, 1.82) is 0 Å². The molecule has 1 heterocycles. The van der Waals surface area contributed by atoms with E-state index in [1.165, 1.54) is 16.7 Å². The predicted octanol–water partition coefficient (Wildman–Crippen LogP) is 4.61. The van der Waals surface area contributed by atoms with Crippen molar-refractivity contribution in [3.05, 3.63) is 70.5 Å². The maximum atomic E-state index is 13.7. The van der Waals surface area contributed by atoms with Gasteiger partial charge in [0.15, 0.2) is 0 Å². The Bertz CT molecular complexity index is 679. The van der Waals surface area contributed by atoms with Crippen molar-refractivity contribution >= 4 is 0 Å². The Morgan fingerprint density at radius 1 is 1.05 bits per heavy atom. The molecule has 0 amide bonds. The second-order valence-electron chi connectivity index (χ2n) is 6.42. The summed E-state index contributed by atoms with van der Waals surface area (Å²) in [5, 5.41) is 0. The average Bonchev–Trinajstić information content (AvgIpc) is 2.62. The van der Waals surface area contributed by atoms with E-state index in [0.717, 1.165) is 25.0 Å². The summed E-state index contributed by atoms with van der Waals surface area (Å²) in [7, 11) is 0. The Morgan fingerprint density at radius 3 is 2.76 bits per heavy atom. The smallest absolute Gasteiger partial charge is 0.123 e. The number of fused-ring (bicyclic) bond motifs is 5. The molecule has 0 radical (unpaired) electrons. The number of hydrogen-bond donors (Lipinski definition) is 0. The van der Waals surface area contributed by atoms with Gasteiger partial charge in [-0.25, -0.2) is 4.39 Å². The molecule has 0 saturated carbocycles. The minimum Gasteiger partial charge on any atom is -0.373 e. The average molecular weight is 282 g/mol. The van der Waals surface area contributed by atoms with Crippen LogP contribution in [0.15, 0.2) is 42.5 Å². The Hall–Kier alpha value is -1.67. The molecule has 2 heteroatoms. The van der Waals surface area contributed by atoms with Crippen LogP contribution in [-0.2, 0) is 11.2 Å². The van der Waals surface area contributed by atoms with Crippen molar-refractivity contribution in [1.82, 2.24) is 0 Å². The first-order valence-corrected chi connectivity index (χ1v) is 7.70. The van der Waals surface area contributed by atoms with E-state index in [-0.39, 0.29) is 11.9 Å². The Balaban J connectivity index is 1.91. The molecule has 1 nitrogen and oxygen atoms in total. The molecule has 1 aliphatic heterocycles. The monoisotopic (exact) mass is 282 g/mol. The van der Waals surface area contributed by atoms with Crippen LogP contribution in [0.5, 0.6) is 0 Å². The Labute approximate surface area is 124 Å². The predicted molar refractivity (Wildman–Crippen MR) is 80.9 cm³/mol. The zero-order valence-corrected chi connectivity index (χ0v) is 12.2. The maximum absolute atomic E-state index is 13.7. The summed E-state index contributed by atoms with van der Waals surface area (Å²) >= 11 is 0. The molecule has 1 fully saturated rings. The first-order chi connectivity index (χ1) is 10.2. The van der Waals surface area contributed by atoms with Gasteiger partial charge in [0.1, 0.15) is 5.82 Å². The Morgan fingerprint density at radius 2 is 1.86 bits per heavy atom. The van der Waals surface area contributed by atoms with Gasteiger partial charge in [0.05, 0.1) is 12.7 Å². The standard InChI is InChI=1S/C19H19FO/c1-12-8-18-16-5-3-2-4-13(16)9-14-6-7-15(20)10-17(14)19(18)21-11-12/h2-7,10,12,18-19H,8-9,11H2,1H3/t12-,18-,19+/m1/s1. The van der Waals surface area contributed by atoms with Gasteiger partial charge in [0, 0.05) is 5.92 Å². The zero-order chi connectivity index (χ0) is 14.4. The maximum Gasteiger partial charge on any atom is 0.123 e. The molecule has 3 atom stereocenters. The van der Waals surface area contributed by atoms with Crippen LogP contribution in [0.3, 0.4) is 0 Å². The molecular formula is C19H19FO. The van der Waals surface area contributed by atoms with Crippen molar-refractivity contribution < 1.29 is 9.13 Å². The van der Waals surface area contributed by atoms with Crippen LogP contribution in [0.1, 0.15) is 47.6 Å². The van der Waals surface area contributed by atoms with Crippen molar-refractivity contribution in [2.24, 2.45) is 5.92 Å². The summed E-state index contributed by atoms with van der Waals surface area (Å²) in [4.78, 5) is 0. The van der Waals surface area contributed by atoms with E-state index in [1.807, 2.05) is 6.07 Å². The molecule has 1 saturated heterocycles. The van der Waals surface area contributed by atoms with Crippen molar-refractivity contribution in [3.63, 3.8) is 0 Å². The number of ether oxygens (including phenoxy) is 1. The Kier molecular flexibility index (Phi) is 3.07. The molecule has 2 aliphatic rings. The molecule has 0 spiro atoms. The van der Waals surface area contributed by atoms with E-state index >= 15 is 0 Å². The third-order valence-electron chi connectivity index (χ3n) is 4.83. The number of rotatable bonds is 0. The molecule has 1 aliphatic carbocycles. The minimum atomic E-state index is -0.166. The summed E-state index contributed by atoms with van der Waals surface area (Å²) in [6, 6.07) is 13.8. The van der Waals surface area contributed by atoms with Gasteiger partial charge < -0.3 is 4.74 Å². The SMILES string of the molecule is C[C@H]1CO[C@H]2c3cc(F)ccc3Cc3ccccc3[C@H]2C1. The third kappa shape index (κ3) is 2.18. The van der Waals surface area contributed by atoms with Crippen molar-refractivity contribution in [3.8, 4) is 0 Å². The fraction of sp³-hybridized carbons (Fsp3) is 0.368. The summed E-state index contributed by atoms with van der Waals surface area (Å²) < 4.78 is 19.9. The number of hydrogen-bond acceptors (Lipinski definition) is 1. The highest BCUT2D eigenvalue weighted by Gasteiger charge is 2.36. The molecule has 0 unspecified atom stereocenters. The first kappa shape index (κ1) is 13.0. The van der Waals surface area contributed by atoms with Gasteiger partial charge in [-0.05, 0) is 53.1 Å². The number of halogens is 1. The van der Waals surface area contributed by atoms with Gasteiger partial charge in [0.25, 0.3) is 0 Å². The summed E-state index contributed by atoms with van der Waals surface area (Å²) in [5.41, 5.74) is 4.98. The van der Waals surface area contributed by atoms with E-state index < -0.39 is 0 Å². The van der Waals surface area contributed by atoms with Gasteiger partial charge in [-0.3, -0.25) is 0 Å². The largest absolute Gasteiger partial charge is 0.373 e. The molecule has 2 aromatic rings. The second kappa shape index (κ2) is 4.96. The lowest BCUT2D eigenvalue weighted by atomic mass is 9.80. The van der Waals surface area contributed by atoms with E-state index in [1.54, 1.807) is 12.1 Å². The summed E-state index contributed by atoms with van der Waals surface area (Å²) in [6.45, 7) is 3.00. The molecule has 0 aromatic heterocycles. The molecule has 108 valence electrons. The minimum absolute atomic E-state index is 0.00412. The van der Waals surface area contributed by atoms with Crippen LogP contribution in [0.4, 0.5) is 4.39 Å². The van der Waals surface area contributed by atoms with Crippen LogP contribution in [0.2, 0.25) is 0 Å². The highest BCUT2D eigenvalue weighted by molar-refractivity contribution is 5.44. The van der Waals surface area contributed by atoms with E-state index in [0.29, 0.717) is 11.8 Å².